The van der Waals surface area contributed by atoms with Crippen molar-refractivity contribution in [1.29, 1.82) is 0 Å². The fraction of sp³-hybridized carbons (Fsp3) is 0.275. The molecular formula is C91H85F19N30O. The Morgan fingerprint density at radius 2 is 0.525 bits per heavy atom. The van der Waals surface area contributed by atoms with Crippen LogP contribution < -0.4 is 36.6 Å². The highest BCUT2D eigenvalue weighted by Gasteiger charge is 2.41. The maximum atomic E-state index is 13.8. The van der Waals surface area contributed by atoms with Crippen LogP contribution in [-0.2, 0) is 36.0 Å². The van der Waals surface area contributed by atoms with Crippen LogP contribution in [0, 0.1) is 105 Å². The molecule has 0 aliphatic heterocycles. The van der Waals surface area contributed by atoms with E-state index in [-0.39, 0.29) is 76.1 Å². The molecule has 0 fully saturated rings. The van der Waals surface area contributed by atoms with Crippen LogP contribution in [0.2, 0.25) is 0 Å². The number of anilines is 12. The van der Waals surface area contributed by atoms with E-state index in [0.717, 1.165) is 67.8 Å². The average Bonchev–Trinajstić information content (AvgIpc) is 1.67. The third kappa shape index (κ3) is 24.9. The normalized spacial score (nSPS) is 11.9. The predicted octanol–water partition coefficient (Wildman–Crippen LogP) is 23.0. The first-order chi connectivity index (χ1) is 66.2. The largest absolute Gasteiger partial charge is 0.463 e. The van der Waals surface area contributed by atoms with Crippen molar-refractivity contribution in [1.82, 2.24) is 117 Å². The van der Waals surface area contributed by atoms with Gasteiger partial charge in [-0.1, -0.05) is 73.0 Å². The first-order valence-corrected chi connectivity index (χ1v) is 42.5. The minimum absolute atomic E-state index is 0.0200. The third-order valence-corrected chi connectivity index (χ3v) is 20.0. The van der Waals surface area contributed by atoms with E-state index < -0.39 is 94.0 Å². The molecule has 12 heterocycles. The zero-order valence-corrected chi connectivity index (χ0v) is 77.4. The molecule has 18 aromatic rings. The summed E-state index contributed by atoms with van der Waals surface area (Å²) < 4.78 is 266. The lowest BCUT2D eigenvalue weighted by Gasteiger charge is -2.13. The molecule has 141 heavy (non-hydrogen) atoms. The Balaban J connectivity index is 0.000000142. The number of halogens is 19. The van der Waals surface area contributed by atoms with E-state index >= 15 is 0 Å². The minimum Gasteiger partial charge on any atom is -0.463 e. The molecule has 12 aromatic heterocycles. The summed E-state index contributed by atoms with van der Waals surface area (Å²) in [6.45, 7) is 25.7. The van der Waals surface area contributed by atoms with Crippen molar-refractivity contribution >= 4 is 104 Å². The highest BCUT2D eigenvalue weighted by Crippen LogP contribution is 2.39. The molecule has 0 spiro atoms. The number of hydrogen-bond acceptors (Lipinski definition) is 25. The highest BCUT2D eigenvalue weighted by molar-refractivity contribution is 5.66. The third-order valence-electron chi connectivity index (χ3n) is 20.0. The summed E-state index contributed by atoms with van der Waals surface area (Å²) >= 11 is 0. The van der Waals surface area contributed by atoms with Gasteiger partial charge in [0.2, 0.25) is 23.3 Å². The lowest BCUT2D eigenvalue weighted by Crippen LogP contribution is -2.14. The van der Waals surface area contributed by atoms with E-state index in [9.17, 15) is 83.4 Å². The van der Waals surface area contributed by atoms with E-state index in [1.807, 2.05) is 94.4 Å². The molecule has 0 atom stereocenters. The molecule has 0 bridgehead atoms. The molecule has 6 aromatic carbocycles. The van der Waals surface area contributed by atoms with E-state index in [4.69, 9.17) is 4.74 Å². The van der Waals surface area contributed by atoms with Gasteiger partial charge in [0.1, 0.15) is 69.6 Å². The van der Waals surface area contributed by atoms with Crippen LogP contribution in [0.15, 0.2) is 152 Å². The molecular weight excluding hydrogens is 1890 g/mol. The summed E-state index contributed by atoms with van der Waals surface area (Å²) in [7, 11) is 0. The number of ether oxygens (including phenoxy) is 1. The summed E-state index contributed by atoms with van der Waals surface area (Å²) in [6.07, 6.45) is -10.7. The SMILES string of the molecule is CCC(F)(F)c1nc2nc(C)cc(Nc3ccc(C)cc3)n2n1.CCC(F)(F)c1nc2nc(C)cc(Nc3ccc(C)cc3)n2n1.CCOc1nc2nc(C)cc(Nc3ccc(C)cc3)n2n1.Cc1cc(Nc2cc(F)c(C(F)(F)F)c(F)c2)n2nc(C(C)(F)F)nc2n1.Cc1cc(Nc2cc(F)c(C)c(F)c2)n2nc(C(F)(F)F)nc2n1.Cc1cc(Nc2ccc(C)c(F)c2)n2nc(C(C)(F)F)nc2n1. The molecule has 738 valence electrons. The van der Waals surface area contributed by atoms with Gasteiger partial charge in [-0.2, -0.15) is 118 Å². The number of benzene rings is 6. The first-order valence-electron chi connectivity index (χ1n) is 42.5. The Morgan fingerprint density at radius 1 is 0.270 bits per heavy atom. The van der Waals surface area contributed by atoms with Crippen molar-refractivity contribution in [2.75, 3.05) is 38.5 Å². The van der Waals surface area contributed by atoms with Crippen molar-refractivity contribution in [3.8, 4) is 6.01 Å². The van der Waals surface area contributed by atoms with E-state index in [1.54, 1.807) is 69.5 Å². The van der Waals surface area contributed by atoms with Crippen molar-refractivity contribution in [3.05, 3.63) is 277 Å². The fourth-order valence-corrected chi connectivity index (χ4v) is 12.8. The van der Waals surface area contributed by atoms with Gasteiger partial charge in [-0.15, -0.1) is 30.6 Å². The van der Waals surface area contributed by atoms with E-state index in [2.05, 4.69) is 141 Å². The molecule has 0 unspecified atom stereocenters. The Hall–Kier alpha value is -16.1. The second kappa shape index (κ2) is 40.9. The van der Waals surface area contributed by atoms with Gasteiger partial charge in [-0.05, 0) is 161 Å². The van der Waals surface area contributed by atoms with Crippen LogP contribution in [0.5, 0.6) is 6.01 Å². The Bertz CT molecular complexity index is 7390. The molecule has 18 rings (SSSR count). The molecule has 0 saturated carbocycles. The van der Waals surface area contributed by atoms with Gasteiger partial charge in [0, 0.05) is 137 Å². The quantitative estimate of drug-likeness (QED) is 0.0386. The standard InChI is InChI=1S/2C16H17F2N5.C15H10F7N5.C15H14F3N5.C15H17N5O.C14H10F5N5/c2*1-4-16(17,18)14-21-15-19-11(3)9-13(23(15)22-14)20-12-7-5-10(2)6-8-12;1-6-3-10(27-13(23-6)25-12(26-27)14(2,18)19)24-7-4-8(16)11(9(17)5-7)15(20,21)22;1-8-4-5-10(7-11(8)16)20-12-6-9(2)19-14-21-13(15(3,17)18)22-23(12)14;1-4-21-15-18-14-16-11(3)9-13(20(14)19-15)17-12-7-5-10(2)6-8-12;1-6-3-11(21-8-4-9(15)7(2)10(16)5-8)24-13(20-6)22-12(23-24)14(17,18)19/h2*5-9,20H,4H2,1-3H3;3-5,24H,1-2H3;4-7,20H,1-3H3;5-9,17H,4H2,1-3H3;3-5,21H,1-2H3. The second-order valence-electron chi connectivity index (χ2n) is 32.1. The highest BCUT2D eigenvalue weighted by atomic mass is 19.4. The zero-order chi connectivity index (χ0) is 103. The number of nitrogens with one attached hydrogen (secondary N) is 6. The van der Waals surface area contributed by atoms with E-state index in [1.165, 1.54) is 65.0 Å². The predicted molar refractivity (Wildman–Crippen MR) is 484 cm³/mol. The monoisotopic (exact) mass is 1970 g/mol. The number of aromatic nitrogens is 24. The second-order valence-corrected chi connectivity index (χ2v) is 32.1. The van der Waals surface area contributed by atoms with Gasteiger partial charge in [0.15, 0.2) is 0 Å². The van der Waals surface area contributed by atoms with Crippen LogP contribution in [0.4, 0.5) is 152 Å². The molecule has 0 radical (unpaired) electrons. The molecule has 0 aliphatic rings. The number of hydrogen-bond donors (Lipinski definition) is 6. The number of rotatable bonds is 20. The van der Waals surface area contributed by atoms with Crippen molar-refractivity contribution in [2.24, 2.45) is 0 Å². The summed E-state index contributed by atoms with van der Waals surface area (Å²) in [5, 5.41) is 40.6. The number of fused-ring (bicyclic) bond motifs is 6. The van der Waals surface area contributed by atoms with Gasteiger partial charge in [0.05, 0.1) is 6.61 Å². The average molecular weight is 1980 g/mol. The maximum absolute atomic E-state index is 13.8. The molecule has 0 saturated heterocycles. The van der Waals surface area contributed by atoms with Gasteiger partial charge >= 0.3 is 42.1 Å². The van der Waals surface area contributed by atoms with Crippen molar-refractivity contribution in [2.45, 2.75) is 160 Å². The first kappa shape index (κ1) is 102. The number of nitrogens with zero attached hydrogens (tertiary/aromatic N) is 24. The zero-order valence-electron chi connectivity index (χ0n) is 77.4. The van der Waals surface area contributed by atoms with Gasteiger partial charge in [0.25, 0.3) is 40.5 Å². The molecule has 31 nitrogen and oxygen atoms in total. The van der Waals surface area contributed by atoms with Crippen LogP contribution >= 0.6 is 0 Å². The molecule has 0 amide bonds. The van der Waals surface area contributed by atoms with Crippen molar-refractivity contribution < 1.29 is 88.2 Å². The number of alkyl halides is 14. The smallest absolute Gasteiger partial charge is 0.453 e. The molecule has 6 N–H and O–H groups in total. The van der Waals surface area contributed by atoms with Gasteiger partial charge in [-0.3, -0.25) is 0 Å². The lowest BCUT2D eigenvalue weighted by atomic mass is 10.1. The molecule has 50 heteroatoms. The summed E-state index contributed by atoms with van der Waals surface area (Å²) in [4.78, 5) is 47.3. The Labute approximate surface area is 787 Å². The number of aryl methyl sites for hydroxylation is 10. The van der Waals surface area contributed by atoms with Crippen LogP contribution in [0.3, 0.4) is 0 Å². The van der Waals surface area contributed by atoms with Gasteiger partial charge in [-0.25, -0.2) is 51.9 Å². The lowest BCUT2D eigenvalue weighted by molar-refractivity contribution is -0.145. The summed E-state index contributed by atoms with van der Waals surface area (Å²) in [5.74, 6) is -19.5. The van der Waals surface area contributed by atoms with Gasteiger partial charge < -0.3 is 36.6 Å². The topological polar surface area (TPSA) is 340 Å². The van der Waals surface area contributed by atoms with Crippen molar-refractivity contribution in [3.63, 3.8) is 0 Å². The molecule has 0 aliphatic carbocycles. The Kier molecular flexibility index (Phi) is 29.7. The van der Waals surface area contributed by atoms with Crippen LogP contribution in [0.1, 0.15) is 144 Å². The van der Waals surface area contributed by atoms with Crippen LogP contribution in [0.25, 0.3) is 34.7 Å². The summed E-state index contributed by atoms with van der Waals surface area (Å²) in [6, 6.07) is 41.3. The summed E-state index contributed by atoms with van der Waals surface area (Å²) in [5.41, 5.74) is 8.03. The Morgan fingerprint density at radius 3 is 0.816 bits per heavy atom. The van der Waals surface area contributed by atoms with Crippen LogP contribution in [-0.4, -0.2) is 124 Å². The van der Waals surface area contributed by atoms with E-state index in [0.29, 0.717) is 94.6 Å². The minimum atomic E-state index is -5.21. The maximum Gasteiger partial charge on any atom is 0.453 e. The fourth-order valence-electron chi connectivity index (χ4n) is 12.8.